The topological polar surface area (TPSA) is 27.1 Å². The lowest BCUT2D eigenvalue weighted by atomic mass is 9.82. The van der Waals surface area contributed by atoms with Gasteiger partial charge in [0.1, 0.15) is 17.3 Å². The third-order valence-corrected chi connectivity index (χ3v) is 9.98. The van der Waals surface area contributed by atoms with Crippen LogP contribution in [0.25, 0.3) is 71.9 Å². The van der Waals surface area contributed by atoms with Crippen molar-refractivity contribution < 1.29 is 4.74 Å². The summed E-state index contributed by atoms with van der Waals surface area (Å²) in [6.07, 6.45) is 0. The summed E-state index contributed by atoms with van der Waals surface area (Å²) in [7, 11) is 0. The Morgan fingerprint density at radius 1 is 0.533 bits per heavy atom. The van der Waals surface area contributed by atoms with Crippen molar-refractivity contribution in [3.05, 3.63) is 145 Å². The zero-order valence-corrected chi connectivity index (χ0v) is 25.0. The van der Waals surface area contributed by atoms with Crippen molar-refractivity contribution in [2.45, 2.75) is 19.3 Å². The molecular formula is C42H28N2O. The molecule has 2 aliphatic rings. The molecule has 8 aromatic rings. The standard InChI is InChI=1S/C42H28N2O/c1-42(2)33-15-8-6-13-27(33)29-22-31-30-21-26(25-11-4-3-5-12-25)19-20-36(30)44(37(31)24-34(29)42)40-23-32-28-14-7-9-17-38(28)45-39-18-10-16-35(43-40)41(32)39/h3-24H,1-2H3. The van der Waals surface area contributed by atoms with E-state index in [0.29, 0.717) is 0 Å². The lowest BCUT2D eigenvalue weighted by Gasteiger charge is -2.22. The van der Waals surface area contributed by atoms with E-state index >= 15 is 0 Å². The van der Waals surface area contributed by atoms with Crippen LogP contribution in [0.3, 0.4) is 0 Å². The average molecular weight is 577 g/mol. The SMILES string of the molecule is CC1(C)c2ccccc2-c2cc3c4cc(-c5ccccc5)ccc4n(-c4cc5c6c(cccc6n4)Oc4ccccc4-5)c3cc21. The van der Waals surface area contributed by atoms with E-state index in [0.717, 1.165) is 44.9 Å². The molecule has 0 fully saturated rings. The molecule has 2 aromatic heterocycles. The summed E-state index contributed by atoms with van der Waals surface area (Å²) in [5.74, 6) is 2.64. The Labute approximate surface area is 261 Å². The van der Waals surface area contributed by atoms with E-state index in [1.165, 1.54) is 49.7 Å². The molecule has 1 aliphatic heterocycles. The minimum absolute atomic E-state index is 0.107. The summed E-state index contributed by atoms with van der Waals surface area (Å²) in [5.41, 5.74) is 13.2. The fourth-order valence-electron chi connectivity index (χ4n) is 7.82. The van der Waals surface area contributed by atoms with E-state index < -0.39 is 0 Å². The second-order valence-corrected chi connectivity index (χ2v) is 12.8. The maximum Gasteiger partial charge on any atom is 0.138 e. The number of hydrogen-bond acceptors (Lipinski definition) is 2. The quantitative estimate of drug-likeness (QED) is 0.205. The van der Waals surface area contributed by atoms with Crippen molar-refractivity contribution >= 4 is 32.7 Å². The number of fused-ring (bicyclic) bond motifs is 8. The smallest absolute Gasteiger partial charge is 0.138 e. The van der Waals surface area contributed by atoms with E-state index in [1.54, 1.807) is 0 Å². The molecular weight excluding hydrogens is 548 g/mol. The van der Waals surface area contributed by atoms with Crippen LogP contribution < -0.4 is 4.74 Å². The highest BCUT2D eigenvalue weighted by atomic mass is 16.5. The molecule has 0 amide bonds. The van der Waals surface area contributed by atoms with Crippen LogP contribution in [0.2, 0.25) is 0 Å². The van der Waals surface area contributed by atoms with Gasteiger partial charge in [0.15, 0.2) is 0 Å². The van der Waals surface area contributed by atoms with Crippen LogP contribution in [-0.2, 0) is 5.41 Å². The summed E-state index contributed by atoms with van der Waals surface area (Å²) >= 11 is 0. The van der Waals surface area contributed by atoms with Gasteiger partial charge < -0.3 is 4.74 Å². The number of aromatic nitrogens is 2. The van der Waals surface area contributed by atoms with Gasteiger partial charge in [-0.05, 0) is 81.9 Å². The number of ether oxygens (including phenoxy) is 1. The van der Waals surface area contributed by atoms with Crippen molar-refractivity contribution in [2.75, 3.05) is 0 Å². The normalized spacial score (nSPS) is 13.9. The Balaban J connectivity index is 1.33. The first-order chi connectivity index (χ1) is 22.1. The van der Waals surface area contributed by atoms with Crippen LogP contribution in [0.4, 0.5) is 0 Å². The molecule has 0 bridgehead atoms. The molecule has 0 saturated carbocycles. The predicted octanol–water partition coefficient (Wildman–Crippen LogP) is 11.1. The first-order valence-electron chi connectivity index (χ1n) is 15.6. The molecule has 10 rings (SSSR count). The molecule has 3 heterocycles. The molecule has 0 atom stereocenters. The van der Waals surface area contributed by atoms with Gasteiger partial charge in [-0.2, -0.15) is 0 Å². The minimum Gasteiger partial charge on any atom is -0.456 e. The first-order valence-corrected chi connectivity index (χ1v) is 15.6. The summed E-state index contributed by atoms with van der Waals surface area (Å²) < 4.78 is 8.71. The number of para-hydroxylation sites is 1. The zero-order chi connectivity index (χ0) is 29.9. The van der Waals surface area contributed by atoms with Gasteiger partial charge in [0.25, 0.3) is 0 Å². The van der Waals surface area contributed by atoms with Gasteiger partial charge in [0.2, 0.25) is 0 Å². The Morgan fingerprint density at radius 2 is 1.29 bits per heavy atom. The predicted molar refractivity (Wildman–Crippen MR) is 185 cm³/mol. The number of pyridine rings is 1. The molecule has 0 spiro atoms. The Kier molecular flexibility index (Phi) is 4.79. The highest BCUT2D eigenvalue weighted by Gasteiger charge is 2.36. The van der Waals surface area contributed by atoms with Crippen molar-refractivity contribution in [3.8, 4) is 50.7 Å². The largest absolute Gasteiger partial charge is 0.456 e. The third kappa shape index (κ3) is 3.33. The third-order valence-electron chi connectivity index (χ3n) is 9.98. The summed E-state index contributed by atoms with van der Waals surface area (Å²) in [6.45, 7) is 4.70. The van der Waals surface area contributed by atoms with Crippen LogP contribution in [0.15, 0.2) is 133 Å². The maximum atomic E-state index is 6.33. The molecule has 0 radical (unpaired) electrons. The number of nitrogens with zero attached hydrogens (tertiary/aromatic N) is 2. The van der Waals surface area contributed by atoms with Crippen LogP contribution in [-0.4, -0.2) is 9.55 Å². The summed E-state index contributed by atoms with van der Waals surface area (Å²) in [6, 6.07) is 48.0. The first kappa shape index (κ1) is 24.7. The number of hydrogen-bond donors (Lipinski definition) is 0. The highest BCUT2D eigenvalue weighted by molar-refractivity contribution is 6.13. The van der Waals surface area contributed by atoms with E-state index in [-0.39, 0.29) is 5.41 Å². The minimum atomic E-state index is -0.107. The van der Waals surface area contributed by atoms with Crippen molar-refractivity contribution in [1.82, 2.24) is 9.55 Å². The molecule has 3 nitrogen and oxygen atoms in total. The molecule has 212 valence electrons. The van der Waals surface area contributed by atoms with Crippen molar-refractivity contribution in [3.63, 3.8) is 0 Å². The fourth-order valence-corrected chi connectivity index (χ4v) is 7.82. The summed E-state index contributed by atoms with van der Waals surface area (Å²) in [5, 5.41) is 3.52. The van der Waals surface area contributed by atoms with Gasteiger partial charge in [-0.1, -0.05) is 98.8 Å². The molecule has 1 aliphatic carbocycles. The van der Waals surface area contributed by atoms with Gasteiger partial charge in [0.05, 0.1) is 21.9 Å². The van der Waals surface area contributed by atoms with Gasteiger partial charge in [-0.15, -0.1) is 0 Å². The van der Waals surface area contributed by atoms with E-state index in [1.807, 2.05) is 24.3 Å². The number of benzene rings is 6. The van der Waals surface area contributed by atoms with Crippen molar-refractivity contribution in [1.29, 1.82) is 0 Å². The van der Waals surface area contributed by atoms with Crippen molar-refractivity contribution in [2.24, 2.45) is 0 Å². The molecule has 0 unspecified atom stereocenters. The maximum absolute atomic E-state index is 6.33. The lowest BCUT2D eigenvalue weighted by Crippen LogP contribution is -2.15. The van der Waals surface area contributed by atoms with Gasteiger partial charge >= 0.3 is 0 Å². The number of rotatable bonds is 2. The summed E-state index contributed by atoms with van der Waals surface area (Å²) in [4.78, 5) is 5.33. The van der Waals surface area contributed by atoms with Crippen LogP contribution in [0.1, 0.15) is 25.0 Å². The second-order valence-electron chi connectivity index (χ2n) is 12.8. The Morgan fingerprint density at radius 3 is 2.18 bits per heavy atom. The van der Waals surface area contributed by atoms with Crippen LogP contribution >= 0.6 is 0 Å². The molecule has 0 saturated heterocycles. The molecule has 6 aromatic carbocycles. The van der Waals surface area contributed by atoms with E-state index in [4.69, 9.17) is 9.72 Å². The molecule has 3 heteroatoms. The second kappa shape index (κ2) is 8.71. The fraction of sp³-hybridized carbons (Fsp3) is 0.0714. The average Bonchev–Trinajstić information content (AvgIpc) is 3.52. The zero-order valence-electron chi connectivity index (χ0n) is 25.0. The monoisotopic (exact) mass is 576 g/mol. The van der Waals surface area contributed by atoms with E-state index in [9.17, 15) is 0 Å². The highest BCUT2D eigenvalue weighted by Crippen LogP contribution is 2.52. The Hall–Kier alpha value is -5.67. The van der Waals surface area contributed by atoms with Crippen LogP contribution in [0, 0.1) is 0 Å². The Bertz CT molecular complexity index is 2540. The molecule has 0 N–H and O–H groups in total. The van der Waals surface area contributed by atoms with Gasteiger partial charge in [-0.25, -0.2) is 4.98 Å². The van der Waals surface area contributed by atoms with E-state index in [2.05, 4.69) is 128 Å². The lowest BCUT2D eigenvalue weighted by molar-refractivity contribution is 0.487. The van der Waals surface area contributed by atoms with Gasteiger partial charge in [0, 0.05) is 27.3 Å². The van der Waals surface area contributed by atoms with Gasteiger partial charge in [-0.3, -0.25) is 4.57 Å². The van der Waals surface area contributed by atoms with Crippen LogP contribution in [0.5, 0.6) is 11.5 Å². The molecule has 45 heavy (non-hydrogen) atoms.